The fourth-order valence-corrected chi connectivity index (χ4v) is 3.33. The average Bonchev–Trinajstić information content (AvgIpc) is 2.71. The molecule has 2 unspecified atom stereocenters. The molecule has 1 aliphatic heterocycles. The van der Waals surface area contributed by atoms with Crippen molar-refractivity contribution in [3.05, 3.63) is 29.8 Å². The summed E-state index contributed by atoms with van der Waals surface area (Å²) in [6, 6.07) is 9.55. The summed E-state index contributed by atoms with van der Waals surface area (Å²) in [6.07, 6.45) is 6.55. The monoisotopic (exact) mass is 288 g/mol. The Morgan fingerprint density at radius 2 is 2.05 bits per heavy atom. The first-order valence-electron chi connectivity index (χ1n) is 8.84. The summed E-state index contributed by atoms with van der Waals surface area (Å²) in [5.74, 6) is 0.827. The van der Waals surface area contributed by atoms with Gasteiger partial charge in [0.2, 0.25) is 0 Å². The van der Waals surface area contributed by atoms with Gasteiger partial charge in [0.05, 0.1) is 0 Å². The Hall–Kier alpha value is -1.02. The maximum atomic E-state index is 3.71. The summed E-state index contributed by atoms with van der Waals surface area (Å²) >= 11 is 0. The summed E-state index contributed by atoms with van der Waals surface area (Å²) in [5.41, 5.74) is 2.91. The van der Waals surface area contributed by atoms with Crippen molar-refractivity contribution in [2.45, 2.75) is 65.5 Å². The van der Waals surface area contributed by atoms with Crippen LogP contribution in [0.15, 0.2) is 24.3 Å². The van der Waals surface area contributed by atoms with Crippen molar-refractivity contribution in [2.24, 2.45) is 5.92 Å². The molecule has 1 aliphatic rings. The van der Waals surface area contributed by atoms with E-state index >= 15 is 0 Å². The number of nitrogens with one attached hydrogen (secondary N) is 1. The van der Waals surface area contributed by atoms with Crippen LogP contribution in [-0.4, -0.2) is 19.1 Å². The number of fused-ring (bicyclic) bond motifs is 1. The molecule has 2 nitrogen and oxygen atoms in total. The lowest BCUT2D eigenvalue weighted by Gasteiger charge is -2.31. The fraction of sp³-hybridized carbons (Fsp3) is 0.684. The van der Waals surface area contributed by atoms with Gasteiger partial charge in [0, 0.05) is 31.4 Å². The Labute approximate surface area is 130 Å². The summed E-state index contributed by atoms with van der Waals surface area (Å²) in [7, 11) is 0. The van der Waals surface area contributed by atoms with Gasteiger partial charge in [0.15, 0.2) is 0 Å². The van der Waals surface area contributed by atoms with Gasteiger partial charge in [-0.15, -0.1) is 0 Å². The van der Waals surface area contributed by atoms with E-state index in [4.69, 9.17) is 0 Å². The van der Waals surface area contributed by atoms with Gasteiger partial charge < -0.3 is 10.2 Å². The second kappa shape index (κ2) is 8.43. The number of benzene rings is 1. The second-order valence-electron chi connectivity index (χ2n) is 6.44. The molecule has 0 saturated heterocycles. The van der Waals surface area contributed by atoms with E-state index in [0.29, 0.717) is 6.04 Å². The van der Waals surface area contributed by atoms with Crippen molar-refractivity contribution in [3.8, 4) is 0 Å². The van der Waals surface area contributed by atoms with Crippen molar-refractivity contribution in [3.63, 3.8) is 0 Å². The summed E-state index contributed by atoms with van der Waals surface area (Å²) in [4.78, 5) is 2.65. The van der Waals surface area contributed by atoms with Crippen LogP contribution >= 0.6 is 0 Å². The molecule has 0 fully saturated rings. The van der Waals surface area contributed by atoms with Gasteiger partial charge in [-0.3, -0.25) is 0 Å². The number of para-hydroxylation sites is 1. The lowest BCUT2D eigenvalue weighted by molar-refractivity contribution is 0.429. The van der Waals surface area contributed by atoms with Gasteiger partial charge in [-0.1, -0.05) is 58.2 Å². The third-order valence-corrected chi connectivity index (χ3v) is 4.87. The number of nitrogens with zero attached hydrogens (tertiary/aromatic N) is 1. The quantitative estimate of drug-likeness (QED) is 0.789. The molecule has 1 aromatic carbocycles. The van der Waals surface area contributed by atoms with E-state index in [0.717, 1.165) is 19.0 Å². The molecule has 0 bridgehead atoms. The second-order valence-corrected chi connectivity index (χ2v) is 6.44. The van der Waals surface area contributed by atoms with Gasteiger partial charge in [-0.25, -0.2) is 0 Å². The summed E-state index contributed by atoms with van der Waals surface area (Å²) in [6.45, 7) is 10.3. The zero-order valence-electron chi connectivity index (χ0n) is 14.1. The molecule has 2 heteroatoms. The molecule has 2 rings (SSSR count). The van der Waals surface area contributed by atoms with Crippen molar-refractivity contribution in [2.75, 3.05) is 18.0 Å². The van der Waals surface area contributed by atoms with Crippen LogP contribution < -0.4 is 10.2 Å². The molecular formula is C19H32N2. The van der Waals surface area contributed by atoms with Crippen LogP contribution in [0.4, 0.5) is 5.69 Å². The third-order valence-electron chi connectivity index (χ3n) is 4.87. The highest BCUT2D eigenvalue weighted by atomic mass is 15.2. The first-order valence-corrected chi connectivity index (χ1v) is 8.84. The predicted octanol–water partition coefficient (Wildman–Crippen LogP) is 4.59. The Kier molecular flexibility index (Phi) is 6.56. The van der Waals surface area contributed by atoms with Crippen molar-refractivity contribution < 1.29 is 0 Å². The van der Waals surface area contributed by atoms with Gasteiger partial charge >= 0.3 is 0 Å². The summed E-state index contributed by atoms with van der Waals surface area (Å²) in [5, 5.41) is 3.71. The molecule has 0 spiro atoms. The van der Waals surface area contributed by atoms with Crippen molar-refractivity contribution in [1.29, 1.82) is 0 Å². The minimum absolute atomic E-state index is 0.612. The maximum Gasteiger partial charge on any atom is 0.0412 e. The molecule has 1 N–H and O–H groups in total. The van der Waals surface area contributed by atoms with Crippen molar-refractivity contribution >= 4 is 5.69 Å². The zero-order valence-corrected chi connectivity index (χ0v) is 14.1. The Morgan fingerprint density at radius 3 is 2.76 bits per heavy atom. The number of rotatable bonds is 7. The van der Waals surface area contributed by atoms with Crippen LogP contribution in [-0.2, 0) is 6.54 Å². The van der Waals surface area contributed by atoms with Gasteiger partial charge in [0.25, 0.3) is 0 Å². The highest BCUT2D eigenvalue weighted by molar-refractivity contribution is 5.54. The maximum absolute atomic E-state index is 3.71. The molecule has 0 aromatic heterocycles. The van der Waals surface area contributed by atoms with Crippen LogP contribution in [0.1, 0.15) is 58.4 Å². The van der Waals surface area contributed by atoms with E-state index in [-0.39, 0.29) is 0 Å². The van der Waals surface area contributed by atoms with E-state index < -0.39 is 0 Å². The molecule has 0 saturated carbocycles. The molecule has 1 aromatic rings. The van der Waals surface area contributed by atoms with Gasteiger partial charge in [-0.2, -0.15) is 0 Å². The van der Waals surface area contributed by atoms with Gasteiger partial charge in [0.1, 0.15) is 0 Å². The summed E-state index contributed by atoms with van der Waals surface area (Å²) < 4.78 is 0. The fourth-order valence-electron chi connectivity index (χ4n) is 3.33. The number of anilines is 1. The Balaban J connectivity index is 2.13. The largest absolute Gasteiger partial charge is 0.369 e. The number of hydrogen-bond acceptors (Lipinski definition) is 2. The van der Waals surface area contributed by atoms with E-state index in [1.165, 1.54) is 49.9 Å². The Morgan fingerprint density at radius 1 is 1.24 bits per heavy atom. The highest BCUT2D eigenvalue weighted by Crippen LogP contribution is 2.26. The molecule has 1 heterocycles. The normalized spacial score (nSPS) is 20.0. The molecular weight excluding hydrogens is 256 g/mol. The minimum atomic E-state index is 0.612. The van der Waals surface area contributed by atoms with Crippen LogP contribution in [0.5, 0.6) is 0 Å². The lowest BCUT2D eigenvalue weighted by Crippen LogP contribution is -2.39. The van der Waals surface area contributed by atoms with E-state index in [1.54, 1.807) is 0 Å². The first kappa shape index (κ1) is 16.4. The standard InChI is InChI=1S/C19H32N2/c1-4-7-10-16(5-2)14-21-15-18(6-3)20-13-17-11-8-9-12-19(17)21/h8-9,11-12,16,18,20H,4-7,10,13-15H2,1-3H3. The van der Waals surface area contributed by atoms with E-state index in [2.05, 4.69) is 55.3 Å². The number of unbranched alkanes of at least 4 members (excludes halogenated alkanes) is 1. The third kappa shape index (κ3) is 4.47. The average molecular weight is 288 g/mol. The van der Waals surface area contributed by atoms with Crippen LogP contribution in [0.25, 0.3) is 0 Å². The minimum Gasteiger partial charge on any atom is -0.369 e. The topological polar surface area (TPSA) is 15.3 Å². The molecule has 0 aliphatic carbocycles. The first-order chi connectivity index (χ1) is 10.3. The van der Waals surface area contributed by atoms with E-state index in [1.807, 2.05) is 0 Å². The SMILES string of the molecule is CCCCC(CC)CN1CC(CC)NCc2ccccc21. The molecule has 2 atom stereocenters. The Bertz CT molecular complexity index is 416. The molecule has 21 heavy (non-hydrogen) atoms. The lowest BCUT2D eigenvalue weighted by atomic mass is 9.98. The van der Waals surface area contributed by atoms with E-state index in [9.17, 15) is 0 Å². The van der Waals surface area contributed by atoms with Crippen LogP contribution in [0.3, 0.4) is 0 Å². The van der Waals surface area contributed by atoms with Gasteiger partial charge in [-0.05, 0) is 30.4 Å². The van der Waals surface area contributed by atoms with Crippen LogP contribution in [0, 0.1) is 5.92 Å². The predicted molar refractivity (Wildman–Crippen MR) is 92.9 cm³/mol. The zero-order chi connectivity index (χ0) is 15.1. The smallest absolute Gasteiger partial charge is 0.0412 e. The molecule has 118 valence electrons. The number of hydrogen-bond donors (Lipinski definition) is 1. The highest BCUT2D eigenvalue weighted by Gasteiger charge is 2.22. The molecule has 0 amide bonds. The molecule has 0 radical (unpaired) electrons. The van der Waals surface area contributed by atoms with Crippen LogP contribution in [0.2, 0.25) is 0 Å². The van der Waals surface area contributed by atoms with Crippen molar-refractivity contribution in [1.82, 2.24) is 5.32 Å².